The normalized spacial score (nSPS) is 17.4. The fourth-order valence-corrected chi connectivity index (χ4v) is 3.08. The van der Waals surface area contributed by atoms with E-state index in [2.05, 4.69) is 11.4 Å². The molecule has 18 heavy (non-hydrogen) atoms. The van der Waals surface area contributed by atoms with Crippen molar-refractivity contribution in [1.82, 2.24) is 0 Å². The Morgan fingerprint density at radius 1 is 1.00 bits per heavy atom. The molecule has 4 heteroatoms. The molecular weight excluding hydrogens is 289 g/mol. The molecule has 0 spiro atoms. The van der Waals surface area contributed by atoms with Crippen LogP contribution in [0.2, 0.25) is 15.1 Å². The first kappa shape index (κ1) is 12.2. The maximum absolute atomic E-state index is 6.21. The SMILES string of the molecule is Clc1cccc(C2Cc3c(Cl)cc(Cl)cc3N2)c1. The van der Waals surface area contributed by atoms with Crippen LogP contribution in [-0.2, 0) is 6.42 Å². The Labute approximate surface area is 121 Å². The van der Waals surface area contributed by atoms with Gasteiger partial charge in [-0.05, 0) is 35.4 Å². The van der Waals surface area contributed by atoms with Crippen molar-refractivity contribution in [3.8, 4) is 0 Å². The van der Waals surface area contributed by atoms with E-state index in [-0.39, 0.29) is 6.04 Å². The Kier molecular flexibility index (Phi) is 3.14. The van der Waals surface area contributed by atoms with Gasteiger partial charge in [-0.15, -0.1) is 0 Å². The molecule has 92 valence electrons. The van der Waals surface area contributed by atoms with Crippen molar-refractivity contribution >= 4 is 40.5 Å². The van der Waals surface area contributed by atoms with E-state index in [0.717, 1.165) is 33.3 Å². The molecule has 0 amide bonds. The highest BCUT2D eigenvalue weighted by Crippen LogP contribution is 2.40. The van der Waals surface area contributed by atoms with Crippen molar-refractivity contribution in [3.63, 3.8) is 0 Å². The number of hydrogen-bond donors (Lipinski definition) is 1. The third-order valence-corrected chi connectivity index (χ3v) is 3.94. The lowest BCUT2D eigenvalue weighted by atomic mass is 10.0. The van der Waals surface area contributed by atoms with Crippen LogP contribution < -0.4 is 5.32 Å². The van der Waals surface area contributed by atoms with Gasteiger partial charge in [0.1, 0.15) is 0 Å². The third-order valence-electron chi connectivity index (χ3n) is 3.15. The summed E-state index contributed by atoms with van der Waals surface area (Å²) in [6.07, 6.45) is 0.853. The van der Waals surface area contributed by atoms with Crippen molar-refractivity contribution in [1.29, 1.82) is 0 Å². The summed E-state index contributed by atoms with van der Waals surface area (Å²) in [5.74, 6) is 0. The summed E-state index contributed by atoms with van der Waals surface area (Å²) < 4.78 is 0. The van der Waals surface area contributed by atoms with E-state index in [1.807, 2.05) is 24.3 Å². The van der Waals surface area contributed by atoms with E-state index < -0.39 is 0 Å². The van der Waals surface area contributed by atoms with Crippen LogP contribution >= 0.6 is 34.8 Å². The van der Waals surface area contributed by atoms with Crippen molar-refractivity contribution < 1.29 is 0 Å². The predicted molar refractivity (Wildman–Crippen MR) is 78.0 cm³/mol. The fraction of sp³-hybridized carbons (Fsp3) is 0.143. The molecule has 1 atom stereocenters. The zero-order valence-corrected chi connectivity index (χ0v) is 11.7. The third kappa shape index (κ3) is 2.18. The Morgan fingerprint density at radius 3 is 2.61 bits per heavy atom. The van der Waals surface area contributed by atoms with E-state index in [1.54, 1.807) is 6.07 Å². The number of rotatable bonds is 1. The highest BCUT2D eigenvalue weighted by atomic mass is 35.5. The van der Waals surface area contributed by atoms with Gasteiger partial charge in [-0.25, -0.2) is 0 Å². The molecule has 1 aliphatic rings. The van der Waals surface area contributed by atoms with Gasteiger partial charge in [-0.1, -0.05) is 46.9 Å². The smallest absolute Gasteiger partial charge is 0.0556 e. The van der Waals surface area contributed by atoms with Crippen LogP contribution in [0.15, 0.2) is 36.4 Å². The lowest BCUT2D eigenvalue weighted by molar-refractivity contribution is 0.824. The van der Waals surface area contributed by atoms with Gasteiger partial charge in [0, 0.05) is 27.2 Å². The average Bonchev–Trinajstić information content (AvgIpc) is 2.73. The molecule has 0 bridgehead atoms. The second kappa shape index (κ2) is 4.65. The zero-order chi connectivity index (χ0) is 12.7. The maximum Gasteiger partial charge on any atom is 0.0556 e. The second-order valence-electron chi connectivity index (χ2n) is 4.37. The molecule has 2 aromatic carbocycles. The molecule has 1 heterocycles. The summed E-state index contributed by atoms with van der Waals surface area (Å²) >= 11 is 18.2. The molecule has 0 aliphatic carbocycles. The molecule has 0 radical (unpaired) electrons. The van der Waals surface area contributed by atoms with Crippen LogP contribution in [0.4, 0.5) is 5.69 Å². The number of hydrogen-bond acceptors (Lipinski definition) is 1. The molecule has 1 unspecified atom stereocenters. The Balaban J connectivity index is 1.96. The van der Waals surface area contributed by atoms with Crippen LogP contribution in [0.25, 0.3) is 0 Å². The molecule has 1 N–H and O–H groups in total. The molecule has 2 aromatic rings. The first-order valence-electron chi connectivity index (χ1n) is 5.63. The number of benzene rings is 2. The number of fused-ring (bicyclic) bond motifs is 1. The van der Waals surface area contributed by atoms with Gasteiger partial charge in [0.15, 0.2) is 0 Å². The molecule has 1 aliphatic heterocycles. The first-order valence-corrected chi connectivity index (χ1v) is 6.77. The van der Waals surface area contributed by atoms with Crippen molar-refractivity contribution in [2.24, 2.45) is 0 Å². The molecule has 1 nitrogen and oxygen atoms in total. The minimum Gasteiger partial charge on any atom is -0.378 e. The number of nitrogens with one attached hydrogen (secondary N) is 1. The van der Waals surface area contributed by atoms with Gasteiger partial charge in [-0.3, -0.25) is 0 Å². The largest absolute Gasteiger partial charge is 0.378 e. The van der Waals surface area contributed by atoms with Gasteiger partial charge >= 0.3 is 0 Å². The summed E-state index contributed by atoms with van der Waals surface area (Å²) in [5.41, 5.74) is 3.29. The molecule has 0 saturated heterocycles. The lowest BCUT2D eigenvalue weighted by Crippen LogP contribution is -2.05. The molecule has 0 fully saturated rings. The predicted octanol–water partition coefficient (Wildman–Crippen LogP) is 5.36. The quantitative estimate of drug-likeness (QED) is 0.747. The van der Waals surface area contributed by atoms with E-state index >= 15 is 0 Å². The van der Waals surface area contributed by atoms with Gasteiger partial charge in [-0.2, -0.15) is 0 Å². The van der Waals surface area contributed by atoms with Crippen molar-refractivity contribution in [2.45, 2.75) is 12.5 Å². The van der Waals surface area contributed by atoms with Crippen molar-refractivity contribution in [2.75, 3.05) is 5.32 Å². The summed E-state index contributed by atoms with van der Waals surface area (Å²) in [6.45, 7) is 0. The second-order valence-corrected chi connectivity index (χ2v) is 5.65. The number of halogens is 3. The zero-order valence-electron chi connectivity index (χ0n) is 9.38. The lowest BCUT2D eigenvalue weighted by Gasteiger charge is -2.11. The van der Waals surface area contributed by atoms with Crippen LogP contribution in [0, 0.1) is 0 Å². The van der Waals surface area contributed by atoms with E-state index in [0.29, 0.717) is 5.02 Å². The Bertz CT molecular complexity index is 610. The van der Waals surface area contributed by atoms with Gasteiger partial charge in [0.2, 0.25) is 0 Å². The highest BCUT2D eigenvalue weighted by molar-refractivity contribution is 6.35. The van der Waals surface area contributed by atoms with Crippen LogP contribution in [-0.4, -0.2) is 0 Å². The maximum atomic E-state index is 6.21. The summed E-state index contributed by atoms with van der Waals surface area (Å²) in [6, 6.07) is 11.8. The van der Waals surface area contributed by atoms with E-state index in [1.165, 1.54) is 0 Å². The average molecular weight is 299 g/mol. The highest BCUT2D eigenvalue weighted by Gasteiger charge is 2.24. The summed E-state index contributed by atoms with van der Waals surface area (Å²) in [5, 5.41) is 5.54. The topological polar surface area (TPSA) is 12.0 Å². The van der Waals surface area contributed by atoms with Crippen LogP contribution in [0.1, 0.15) is 17.2 Å². The van der Waals surface area contributed by atoms with Crippen molar-refractivity contribution in [3.05, 3.63) is 62.6 Å². The summed E-state index contributed by atoms with van der Waals surface area (Å²) in [4.78, 5) is 0. The van der Waals surface area contributed by atoms with Gasteiger partial charge < -0.3 is 5.32 Å². The standard InChI is InChI=1S/C14H10Cl3N/c15-9-3-1-2-8(4-9)13-7-11-12(17)5-10(16)6-14(11)18-13/h1-6,13,18H,7H2. The van der Waals surface area contributed by atoms with E-state index in [9.17, 15) is 0 Å². The monoisotopic (exact) mass is 297 g/mol. The van der Waals surface area contributed by atoms with Crippen LogP contribution in [0.5, 0.6) is 0 Å². The Hall–Kier alpha value is -0.890. The number of anilines is 1. The molecule has 3 rings (SSSR count). The summed E-state index contributed by atoms with van der Waals surface area (Å²) in [7, 11) is 0. The molecule has 0 aromatic heterocycles. The van der Waals surface area contributed by atoms with Gasteiger partial charge in [0.25, 0.3) is 0 Å². The minimum absolute atomic E-state index is 0.203. The minimum atomic E-state index is 0.203. The first-order chi connectivity index (χ1) is 8.63. The fourth-order valence-electron chi connectivity index (χ4n) is 2.31. The van der Waals surface area contributed by atoms with E-state index in [4.69, 9.17) is 34.8 Å². The van der Waals surface area contributed by atoms with Gasteiger partial charge in [0.05, 0.1) is 6.04 Å². The molecule has 0 saturated carbocycles. The molecular formula is C14H10Cl3N. The Morgan fingerprint density at radius 2 is 1.83 bits per heavy atom. The van der Waals surface area contributed by atoms with Crippen LogP contribution in [0.3, 0.4) is 0 Å².